The molecule has 7 heteroatoms. The summed E-state index contributed by atoms with van der Waals surface area (Å²) in [5, 5.41) is 4.11. The van der Waals surface area contributed by atoms with E-state index >= 15 is 0 Å². The van der Waals surface area contributed by atoms with Crippen LogP contribution in [0.5, 0.6) is 5.88 Å². The maximum absolute atomic E-state index is 11.3. The summed E-state index contributed by atoms with van der Waals surface area (Å²) < 4.78 is 16.5. The largest absolute Gasteiger partial charge is 0.467 e. The normalized spacial score (nSPS) is 17.3. The summed E-state index contributed by atoms with van der Waals surface area (Å²) in [7, 11) is 1.33. The molecule has 1 fully saturated rings. The van der Waals surface area contributed by atoms with E-state index in [1.807, 2.05) is 0 Å². The maximum atomic E-state index is 11.3. The van der Waals surface area contributed by atoms with Gasteiger partial charge < -0.3 is 19.9 Å². The first-order valence-electron chi connectivity index (χ1n) is 5.28. The second-order valence-electron chi connectivity index (χ2n) is 3.85. The fourth-order valence-electron chi connectivity index (χ4n) is 1.40. The Labute approximate surface area is 98.4 Å². The highest BCUT2D eigenvalue weighted by molar-refractivity contribution is 5.73. The van der Waals surface area contributed by atoms with Crippen LogP contribution in [0.2, 0.25) is 0 Å². The van der Waals surface area contributed by atoms with Crippen LogP contribution in [0.15, 0.2) is 6.20 Å². The Hall–Kier alpha value is -1.76. The molecule has 0 amide bonds. The number of nitrogens with zero attached hydrogens (tertiary/aromatic N) is 2. The highest BCUT2D eigenvalue weighted by Gasteiger charge is 2.24. The van der Waals surface area contributed by atoms with Gasteiger partial charge in [0.05, 0.1) is 26.5 Å². The molecule has 2 N–H and O–H groups in total. The van der Waals surface area contributed by atoms with Crippen molar-refractivity contribution in [3.05, 3.63) is 6.20 Å². The molecule has 0 aliphatic carbocycles. The van der Waals surface area contributed by atoms with Gasteiger partial charge >= 0.3 is 5.97 Å². The molecule has 0 saturated carbocycles. The van der Waals surface area contributed by atoms with Gasteiger partial charge in [0, 0.05) is 0 Å². The zero-order valence-corrected chi connectivity index (χ0v) is 9.75. The van der Waals surface area contributed by atoms with E-state index in [0.29, 0.717) is 24.8 Å². The number of nitrogens with two attached hydrogens (primary N) is 1. The standard InChI is InChI=1S/C10H15N3O4/c1-6(10(14)15-2)13-3-8(11)9(12-13)17-7-4-16-5-7/h3,6-7H,4-5,11H2,1-2H3. The number of nitrogen functional groups attached to an aromatic ring is 1. The minimum atomic E-state index is -0.530. The van der Waals surface area contributed by atoms with Crippen LogP contribution in [0, 0.1) is 0 Å². The van der Waals surface area contributed by atoms with E-state index in [1.54, 1.807) is 13.1 Å². The van der Waals surface area contributed by atoms with Gasteiger partial charge in [-0.3, -0.25) is 4.68 Å². The van der Waals surface area contributed by atoms with Gasteiger partial charge in [0.1, 0.15) is 17.8 Å². The van der Waals surface area contributed by atoms with Crippen LogP contribution >= 0.6 is 0 Å². The van der Waals surface area contributed by atoms with Gasteiger partial charge in [0.2, 0.25) is 0 Å². The Morgan fingerprint density at radius 3 is 2.94 bits per heavy atom. The lowest BCUT2D eigenvalue weighted by molar-refractivity contribution is -0.144. The minimum Gasteiger partial charge on any atom is -0.467 e. The molecule has 1 saturated heterocycles. The van der Waals surface area contributed by atoms with Crippen LogP contribution in [-0.2, 0) is 14.3 Å². The molecule has 0 radical (unpaired) electrons. The number of ether oxygens (including phenoxy) is 3. The number of methoxy groups -OCH3 is 1. The predicted molar refractivity (Wildman–Crippen MR) is 58.6 cm³/mol. The summed E-state index contributed by atoms with van der Waals surface area (Å²) in [6.45, 7) is 2.76. The Bertz CT molecular complexity index is 414. The number of carbonyl (C=O) groups is 1. The average Bonchev–Trinajstić information content (AvgIpc) is 2.63. The fraction of sp³-hybridized carbons (Fsp3) is 0.600. The van der Waals surface area contributed by atoms with Gasteiger partial charge in [0.25, 0.3) is 5.88 Å². The van der Waals surface area contributed by atoms with Gasteiger partial charge in [-0.2, -0.15) is 0 Å². The monoisotopic (exact) mass is 241 g/mol. The molecule has 1 aromatic heterocycles. The summed E-state index contributed by atoms with van der Waals surface area (Å²) in [5.74, 6) is -0.0555. The Balaban J connectivity index is 2.08. The molecule has 94 valence electrons. The molecule has 1 aliphatic rings. The quantitative estimate of drug-likeness (QED) is 0.745. The number of carbonyl (C=O) groups excluding carboxylic acids is 1. The SMILES string of the molecule is COC(=O)C(C)n1cc(N)c(OC2COC2)n1. The molecule has 7 nitrogen and oxygen atoms in total. The third-order valence-electron chi connectivity index (χ3n) is 2.55. The van der Waals surface area contributed by atoms with E-state index in [9.17, 15) is 4.79 Å². The van der Waals surface area contributed by atoms with Gasteiger partial charge in [-0.15, -0.1) is 5.10 Å². The Morgan fingerprint density at radius 2 is 2.41 bits per heavy atom. The summed E-state index contributed by atoms with van der Waals surface area (Å²) in [6, 6.07) is -0.530. The maximum Gasteiger partial charge on any atom is 0.330 e. The third-order valence-corrected chi connectivity index (χ3v) is 2.55. The summed E-state index contributed by atoms with van der Waals surface area (Å²) >= 11 is 0. The first-order valence-corrected chi connectivity index (χ1v) is 5.28. The van der Waals surface area contributed by atoms with Crippen LogP contribution < -0.4 is 10.5 Å². The Morgan fingerprint density at radius 1 is 1.71 bits per heavy atom. The molecule has 0 bridgehead atoms. The number of hydrogen-bond acceptors (Lipinski definition) is 6. The van der Waals surface area contributed by atoms with Gasteiger partial charge in [0.15, 0.2) is 0 Å². The number of aromatic nitrogens is 2. The van der Waals surface area contributed by atoms with Crippen molar-refractivity contribution in [2.24, 2.45) is 0 Å². The fourth-order valence-corrected chi connectivity index (χ4v) is 1.40. The zero-order valence-electron chi connectivity index (χ0n) is 9.75. The van der Waals surface area contributed by atoms with E-state index in [-0.39, 0.29) is 12.1 Å². The van der Waals surface area contributed by atoms with Crippen LogP contribution in [-0.4, -0.2) is 42.2 Å². The van der Waals surface area contributed by atoms with E-state index in [1.165, 1.54) is 11.8 Å². The topological polar surface area (TPSA) is 88.6 Å². The molecule has 1 atom stereocenters. The molecular weight excluding hydrogens is 226 g/mol. The highest BCUT2D eigenvalue weighted by atomic mass is 16.6. The average molecular weight is 241 g/mol. The lowest BCUT2D eigenvalue weighted by Crippen LogP contribution is -2.38. The van der Waals surface area contributed by atoms with Gasteiger partial charge in [-0.05, 0) is 6.92 Å². The molecule has 1 aromatic rings. The number of anilines is 1. The van der Waals surface area contributed by atoms with Crippen LogP contribution in [0.3, 0.4) is 0 Å². The second-order valence-corrected chi connectivity index (χ2v) is 3.85. The molecule has 17 heavy (non-hydrogen) atoms. The third kappa shape index (κ3) is 2.33. The molecule has 1 unspecified atom stereocenters. The van der Waals surface area contributed by atoms with E-state index < -0.39 is 6.04 Å². The number of hydrogen-bond donors (Lipinski definition) is 1. The molecule has 2 heterocycles. The van der Waals surface area contributed by atoms with Crippen molar-refractivity contribution in [2.45, 2.75) is 19.1 Å². The van der Waals surface area contributed by atoms with Crippen LogP contribution in [0.4, 0.5) is 5.69 Å². The molecular formula is C10H15N3O4. The summed E-state index contributed by atoms with van der Waals surface area (Å²) in [4.78, 5) is 11.3. The van der Waals surface area contributed by atoms with Crippen molar-refractivity contribution in [1.29, 1.82) is 0 Å². The van der Waals surface area contributed by atoms with Crippen molar-refractivity contribution in [1.82, 2.24) is 9.78 Å². The molecule has 2 rings (SSSR count). The zero-order chi connectivity index (χ0) is 12.4. The molecule has 0 spiro atoms. The first-order chi connectivity index (χ1) is 8.11. The Kier molecular flexibility index (Phi) is 3.19. The van der Waals surface area contributed by atoms with Crippen LogP contribution in [0.25, 0.3) is 0 Å². The highest BCUT2D eigenvalue weighted by Crippen LogP contribution is 2.23. The second kappa shape index (κ2) is 4.62. The number of rotatable bonds is 4. The smallest absolute Gasteiger partial charge is 0.330 e. The summed E-state index contributed by atoms with van der Waals surface area (Å²) in [5.41, 5.74) is 6.14. The first kappa shape index (κ1) is 11.7. The van der Waals surface area contributed by atoms with E-state index in [2.05, 4.69) is 9.84 Å². The lowest BCUT2D eigenvalue weighted by Gasteiger charge is -2.25. The summed E-state index contributed by atoms with van der Waals surface area (Å²) in [6.07, 6.45) is 1.55. The van der Waals surface area contributed by atoms with Gasteiger partial charge in [-0.1, -0.05) is 0 Å². The molecule has 0 aromatic carbocycles. The van der Waals surface area contributed by atoms with Crippen molar-refractivity contribution in [2.75, 3.05) is 26.1 Å². The van der Waals surface area contributed by atoms with Gasteiger partial charge in [-0.25, -0.2) is 4.79 Å². The number of esters is 1. The molecule has 1 aliphatic heterocycles. The predicted octanol–water partition coefficient (Wildman–Crippen LogP) is -0.0231. The van der Waals surface area contributed by atoms with Crippen molar-refractivity contribution in [3.8, 4) is 5.88 Å². The minimum absolute atomic E-state index is 0.00548. The van der Waals surface area contributed by atoms with Crippen LogP contribution in [0.1, 0.15) is 13.0 Å². The van der Waals surface area contributed by atoms with Crippen molar-refractivity contribution >= 4 is 11.7 Å². The van der Waals surface area contributed by atoms with E-state index in [4.69, 9.17) is 15.2 Å². The lowest BCUT2D eigenvalue weighted by atomic mass is 10.3. The van der Waals surface area contributed by atoms with Crippen molar-refractivity contribution < 1.29 is 19.0 Å². The van der Waals surface area contributed by atoms with Crippen molar-refractivity contribution in [3.63, 3.8) is 0 Å². The van der Waals surface area contributed by atoms with E-state index in [0.717, 1.165) is 0 Å².